The predicted molar refractivity (Wildman–Crippen MR) is 59.3 cm³/mol. The van der Waals surface area contributed by atoms with Crippen LogP contribution in [0.2, 0.25) is 0 Å². The first-order valence-corrected chi connectivity index (χ1v) is 5.76. The summed E-state index contributed by atoms with van der Waals surface area (Å²) in [4.78, 5) is 33.1. The summed E-state index contributed by atoms with van der Waals surface area (Å²) in [6.45, 7) is 3.26. The normalized spacial score (nSPS) is 20.4. The molecule has 1 rings (SSSR count). The van der Waals surface area contributed by atoms with Crippen LogP contribution < -0.4 is 10.6 Å². The van der Waals surface area contributed by atoms with Crippen molar-refractivity contribution in [3.8, 4) is 0 Å². The summed E-state index contributed by atoms with van der Waals surface area (Å²) in [6.07, 6.45) is -0.160. The van der Waals surface area contributed by atoms with Crippen LogP contribution in [0, 0.1) is 0 Å². The van der Waals surface area contributed by atoms with Gasteiger partial charge in [-0.15, -0.1) is 0 Å². The van der Waals surface area contributed by atoms with E-state index in [2.05, 4.69) is 10.6 Å². The average Bonchev–Trinajstić information content (AvgIpc) is 2.47. The highest BCUT2D eigenvalue weighted by Crippen LogP contribution is 2.15. The van der Waals surface area contributed by atoms with E-state index in [4.69, 9.17) is 5.11 Å². The number of hydrogen-bond acceptors (Lipinski definition) is 4. The molecule has 0 spiro atoms. The number of carboxylic acids is 1. The number of hydrogen-bond donors (Lipinski definition) is 3. The van der Waals surface area contributed by atoms with Crippen molar-refractivity contribution in [1.82, 2.24) is 10.6 Å². The van der Waals surface area contributed by atoms with Crippen molar-refractivity contribution >= 4 is 28.9 Å². The Morgan fingerprint density at radius 2 is 2.25 bits per heavy atom. The molecular formula is C9H14N2O4S. The summed E-state index contributed by atoms with van der Waals surface area (Å²) < 4.78 is 0. The topological polar surface area (TPSA) is 95.5 Å². The average molecular weight is 246 g/mol. The molecule has 1 heterocycles. The first kappa shape index (κ1) is 12.8. The third-order valence-electron chi connectivity index (χ3n) is 2.04. The molecule has 7 heteroatoms. The monoisotopic (exact) mass is 246 g/mol. The van der Waals surface area contributed by atoms with Gasteiger partial charge in [-0.05, 0) is 13.8 Å². The van der Waals surface area contributed by atoms with Gasteiger partial charge in [-0.25, -0.2) is 0 Å². The molecule has 1 atom stereocenters. The Morgan fingerprint density at radius 1 is 1.62 bits per heavy atom. The van der Waals surface area contributed by atoms with E-state index in [1.165, 1.54) is 0 Å². The Kier molecular flexibility index (Phi) is 3.79. The van der Waals surface area contributed by atoms with E-state index in [1.54, 1.807) is 13.8 Å². The number of nitrogens with one attached hydrogen (secondary N) is 2. The summed E-state index contributed by atoms with van der Waals surface area (Å²) >= 11 is 1.05. The van der Waals surface area contributed by atoms with Gasteiger partial charge in [-0.3, -0.25) is 14.4 Å². The molecule has 6 nitrogen and oxygen atoms in total. The zero-order valence-electron chi connectivity index (χ0n) is 9.07. The van der Waals surface area contributed by atoms with Crippen LogP contribution in [0.4, 0.5) is 4.79 Å². The Morgan fingerprint density at radius 3 is 2.69 bits per heavy atom. The first-order valence-electron chi connectivity index (χ1n) is 4.77. The van der Waals surface area contributed by atoms with Gasteiger partial charge >= 0.3 is 5.97 Å². The number of carboxylic acid groups (broad SMARTS) is 1. The molecule has 0 aromatic heterocycles. The molecule has 0 bridgehead atoms. The predicted octanol–water partition coefficient (Wildman–Crippen LogP) is 0.181. The van der Waals surface area contributed by atoms with E-state index < -0.39 is 17.6 Å². The van der Waals surface area contributed by atoms with Gasteiger partial charge < -0.3 is 15.7 Å². The van der Waals surface area contributed by atoms with Crippen LogP contribution in [0.1, 0.15) is 20.3 Å². The highest BCUT2D eigenvalue weighted by Gasteiger charge is 2.32. The lowest BCUT2D eigenvalue weighted by Crippen LogP contribution is -2.52. The highest BCUT2D eigenvalue weighted by atomic mass is 32.2. The van der Waals surface area contributed by atoms with Gasteiger partial charge in [0.2, 0.25) is 5.91 Å². The quantitative estimate of drug-likeness (QED) is 0.657. The maximum absolute atomic E-state index is 11.7. The zero-order chi connectivity index (χ0) is 12.3. The van der Waals surface area contributed by atoms with Gasteiger partial charge in [-0.1, -0.05) is 11.8 Å². The molecule has 2 amide bonds. The van der Waals surface area contributed by atoms with Crippen molar-refractivity contribution in [3.05, 3.63) is 0 Å². The molecule has 1 aliphatic heterocycles. The van der Waals surface area contributed by atoms with Gasteiger partial charge in [0.05, 0.1) is 6.42 Å². The molecule has 90 valence electrons. The van der Waals surface area contributed by atoms with E-state index in [0.717, 1.165) is 11.8 Å². The van der Waals surface area contributed by atoms with Crippen LogP contribution in [0.3, 0.4) is 0 Å². The van der Waals surface area contributed by atoms with Crippen molar-refractivity contribution in [3.63, 3.8) is 0 Å². The van der Waals surface area contributed by atoms with Crippen LogP contribution in [0.5, 0.6) is 0 Å². The largest absolute Gasteiger partial charge is 0.481 e. The zero-order valence-corrected chi connectivity index (χ0v) is 9.89. The third-order valence-corrected chi connectivity index (χ3v) is 2.92. The smallest absolute Gasteiger partial charge is 0.305 e. The lowest BCUT2D eigenvalue weighted by atomic mass is 10.0. The molecule has 0 aromatic carbocycles. The second kappa shape index (κ2) is 4.73. The summed E-state index contributed by atoms with van der Waals surface area (Å²) in [5.41, 5.74) is -0.819. The number of rotatable bonds is 4. The van der Waals surface area contributed by atoms with E-state index in [0.29, 0.717) is 5.75 Å². The Bertz CT molecular complexity index is 329. The Hall–Kier alpha value is -1.24. The molecule has 1 unspecified atom stereocenters. The summed E-state index contributed by atoms with van der Waals surface area (Å²) in [6, 6.07) is -0.564. The van der Waals surface area contributed by atoms with Crippen LogP contribution in [0.25, 0.3) is 0 Å². The lowest BCUT2D eigenvalue weighted by Gasteiger charge is -2.25. The summed E-state index contributed by atoms with van der Waals surface area (Å²) in [7, 11) is 0. The van der Waals surface area contributed by atoms with Crippen LogP contribution in [-0.2, 0) is 9.59 Å². The SMILES string of the molecule is CC(C)(CC(=O)O)NC(=O)C1CSC(=O)N1. The summed E-state index contributed by atoms with van der Waals surface area (Å²) in [5.74, 6) is -0.937. The molecular weight excluding hydrogens is 232 g/mol. The van der Waals surface area contributed by atoms with Crippen molar-refractivity contribution < 1.29 is 19.5 Å². The van der Waals surface area contributed by atoms with Gasteiger partial charge in [0.1, 0.15) is 6.04 Å². The molecule has 0 radical (unpaired) electrons. The van der Waals surface area contributed by atoms with Gasteiger partial charge in [0, 0.05) is 11.3 Å². The van der Waals surface area contributed by atoms with E-state index in [9.17, 15) is 14.4 Å². The molecule has 3 N–H and O–H groups in total. The van der Waals surface area contributed by atoms with E-state index in [-0.39, 0.29) is 17.6 Å². The molecule has 1 aliphatic rings. The number of aliphatic carboxylic acids is 1. The molecule has 16 heavy (non-hydrogen) atoms. The summed E-state index contributed by atoms with van der Waals surface area (Å²) in [5, 5.41) is 13.5. The fraction of sp³-hybridized carbons (Fsp3) is 0.667. The minimum atomic E-state index is -0.977. The number of thioether (sulfide) groups is 1. The second-order valence-corrected chi connectivity index (χ2v) is 5.23. The molecule has 0 aliphatic carbocycles. The van der Waals surface area contributed by atoms with Gasteiger partial charge in [0.15, 0.2) is 0 Å². The fourth-order valence-electron chi connectivity index (χ4n) is 1.37. The minimum absolute atomic E-state index is 0.160. The van der Waals surface area contributed by atoms with E-state index >= 15 is 0 Å². The fourth-order valence-corrected chi connectivity index (χ4v) is 2.15. The Balaban J connectivity index is 2.50. The lowest BCUT2D eigenvalue weighted by molar-refractivity contribution is -0.138. The van der Waals surface area contributed by atoms with Crippen LogP contribution >= 0.6 is 11.8 Å². The Labute approximate surface area is 97.2 Å². The van der Waals surface area contributed by atoms with E-state index in [1.807, 2.05) is 0 Å². The second-order valence-electron chi connectivity index (χ2n) is 4.24. The standard InChI is InChI=1S/C9H14N2O4S/c1-9(2,3-6(12)13)11-7(14)5-4-16-8(15)10-5/h5H,3-4H2,1-2H3,(H,10,15)(H,11,14)(H,12,13). The highest BCUT2D eigenvalue weighted by molar-refractivity contribution is 8.14. The number of amides is 2. The van der Waals surface area contributed by atoms with Crippen molar-refractivity contribution in [2.45, 2.75) is 31.8 Å². The molecule has 1 fully saturated rings. The maximum atomic E-state index is 11.7. The third kappa shape index (κ3) is 3.73. The van der Waals surface area contributed by atoms with Crippen molar-refractivity contribution in [2.75, 3.05) is 5.75 Å². The molecule has 0 saturated carbocycles. The first-order chi connectivity index (χ1) is 7.30. The van der Waals surface area contributed by atoms with Crippen molar-refractivity contribution in [1.29, 1.82) is 0 Å². The minimum Gasteiger partial charge on any atom is -0.481 e. The van der Waals surface area contributed by atoms with Crippen LogP contribution in [-0.4, -0.2) is 39.6 Å². The number of carbonyl (C=O) groups excluding carboxylic acids is 2. The van der Waals surface area contributed by atoms with Gasteiger partial charge in [-0.2, -0.15) is 0 Å². The van der Waals surface area contributed by atoms with Gasteiger partial charge in [0.25, 0.3) is 5.24 Å². The maximum Gasteiger partial charge on any atom is 0.305 e. The van der Waals surface area contributed by atoms with Crippen molar-refractivity contribution in [2.24, 2.45) is 0 Å². The molecule has 1 saturated heterocycles. The number of carbonyl (C=O) groups is 3. The molecule has 0 aromatic rings. The van der Waals surface area contributed by atoms with Crippen LogP contribution in [0.15, 0.2) is 0 Å².